The first-order valence-corrected chi connectivity index (χ1v) is 9.34. The second kappa shape index (κ2) is 6.25. The quantitative estimate of drug-likeness (QED) is 0.907. The highest BCUT2D eigenvalue weighted by Crippen LogP contribution is 2.47. The van der Waals surface area contributed by atoms with Crippen molar-refractivity contribution in [1.29, 1.82) is 0 Å². The fraction of sp³-hybridized carbons (Fsp3) is 0.824. The molecule has 4 heteroatoms. The van der Waals surface area contributed by atoms with Gasteiger partial charge in [-0.1, -0.05) is 26.7 Å². The van der Waals surface area contributed by atoms with Crippen molar-refractivity contribution in [2.24, 2.45) is 5.41 Å². The summed E-state index contributed by atoms with van der Waals surface area (Å²) in [7, 11) is 0. The van der Waals surface area contributed by atoms with Crippen LogP contribution in [-0.2, 0) is 6.54 Å². The first-order valence-electron chi connectivity index (χ1n) is 8.53. The van der Waals surface area contributed by atoms with Crippen LogP contribution in [-0.4, -0.2) is 24.1 Å². The molecule has 0 bridgehead atoms. The van der Waals surface area contributed by atoms with E-state index in [9.17, 15) is 0 Å². The first-order chi connectivity index (χ1) is 10.1. The summed E-state index contributed by atoms with van der Waals surface area (Å²) in [6.07, 6.45) is 8.63. The summed E-state index contributed by atoms with van der Waals surface area (Å²) in [6, 6.07) is 0.534. The number of hydrogen-bond donors (Lipinski definition) is 1. The van der Waals surface area contributed by atoms with E-state index < -0.39 is 0 Å². The van der Waals surface area contributed by atoms with Crippen LogP contribution in [0, 0.1) is 12.3 Å². The maximum Gasteiger partial charge on any atom is 0.185 e. The van der Waals surface area contributed by atoms with Gasteiger partial charge in [0.25, 0.3) is 0 Å². The standard InChI is InChI=1S/C17H29N3S/c1-13(2)18-12-15-14(3)19-16(21-15)20-10-8-17(9-11-20)6-4-5-7-17/h13,18H,4-12H2,1-3H3. The van der Waals surface area contributed by atoms with Gasteiger partial charge < -0.3 is 10.2 Å². The number of piperidine rings is 1. The molecule has 2 heterocycles. The summed E-state index contributed by atoms with van der Waals surface area (Å²) in [6.45, 7) is 9.93. The van der Waals surface area contributed by atoms with Gasteiger partial charge in [-0.15, -0.1) is 11.3 Å². The zero-order chi connectivity index (χ0) is 14.9. The van der Waals surface area contributed by atoms with Crippen LogP contribution in [0.2, 0.25) is 0 Å². The SMILES string of the molecule is Cc1nc(N2CCC3(CCCC3)CC2)sc1CNC(C)C. The molecule has 1 aliphatic heterocycles. The van der Waals surface area contributed by atoms with Crippen LogP contribution >= 0.6 is 11.3 Å². The van der Waals surface area contributed by atoms with Crippen molar-refractivity contribution in [2.45, 2.75) is 71.9 Å². The summed E-state index contributed by atoms with van der Waals surface area (Å²) in [5, 5.41) is 4.76. The average molecular weight is 308 g/mol. The van der Waals surface area contributed by atoms with Crippen molar-refractivity contribution in [3.63, 3.8) is 0 Å². The van der Waals surface area contributed by atoms with Crippen LogP contribution in [0.1, 0.15) is 62.9 Å². The number of rotatable bonds is 4. The molecule has 0 atom stereocenters. The van der Waals surface area contributed by atoms with E-state index >= 15 is 0 Å². The third-order valence-corrected chi connectivity index (χ3v) is 6.53. The number of hydrogen-bond acceptors (Lipinski definition) is 4. The van der Waals surface area contributed by atoms with Crippen molar-refractivity contribution in [2.75, 3.05) is 18.0 Å². The Balaban J connectivity index is 1.61. The molecule has 1 aliphatic carbocycles. The highest BCUT2D eigenvalue weighted by molar-refractivity contribution is 7.15. The fourth-order valence-corrected chi connectivity index (χ4v) is 4.87. The molecule has 118 valence electrons. The van der Waals surface area contributed by atoms with Crippen molar-refractivity contribution in [1.82, 2.24) is 10.3 Å². The zero-order valence-electron chi connectivity index (χ0n) is 13.7. The second-order valence-electron chi connectivity index (χ2n) is 7.23. The lowest BCUT2D eigenvalue weighted by Gasteiger charge is -2.39. The lowest BCUT2D eigenvalue weighted by molar-refractivity contribution is 0.226. The summed E-state index contributed by atoms with van der Waals surface area (Å²) in [4.78, 5) is 8.76. The minimum absolute atomic E-state index is 0.534. The van der Waals surface area contributed by atoms with E-state index in [0.29, 0.717) is 11.5 Å². The zero-order valence-corrected chi connectivity index (χ0v) is 14.6. The number of nitrogens with zero attached hydrogens (tertiary/aromatic N) is 2. The summed E-state index contributed by atoms with van der Waals surface area (Å²) in [5.74, 6) is 0. The molecule has 1 aromatic heterocycles. The van der Waals surface area contributed by atoms with Crippen LogP contribution in [0.4, 0.5) is 5.13 Å². The number of aryl methyl sites for hydroxylation is 1. The third-order valence-electron chi connectivity index (χ3n) is 5.31. The van der Waals surface area contributed by atoms with E-state index in [4.69, 9.17) is 4.98 Å². The lowest BCUT2D eigenvalue weighted by Crippen LogP contribution is -2.38. The Morgan fingerprint density at radius 3 is 2.48 bits per heavy atom. The predicted molar refractivity (Wildman–Crippen MR) is 91.2 cm³/mol. The number of nitrogens with one attached hydrogen (secondary N) is 1. The van der Waals surface area contributed by atoms with Crippen molar-refractivity contribution < 1.29 is 0 Å². The minimum atomic E-state index is 0.534. The van der Waals surface area contributed by atoms with Gasteiger partial charge in [0.05, 0.1) is 5.69 Å². The minimum Gasteiger partial charge on any atom is -0.348 e. The molecule has 1 aromatic rings. The van der Waals surface area contributed by atoms with E-state index in [1.54, 1.807) is 0 Å². The predicted octanol–water partition coefficient (Wildman–Crippen LogP) is 4.11. The maximum atomic E-state index is 4.83. The summed E-state index contributed by atoms with van der Waals surface area (Å²) in [5.41, 5.74) is 1.91. The Morgan fingerprint density at radius 1 is 1.19 bits per heavy atom. The Labute approximate surface area is 133 Å². The van der Waals surface area contributed by atoms with Gasteiger partial charge in [0.1, 0.15) is 0 Å². The Kier molecular flexibility index (Phi) is 4.55. The molecule has 0 radical (unpaired) electrons. The van der Waals surface area contributed by atoms with Crippen LogP contribution in [0.25, 0.3) is 0 Å². The molecule has 2 fully saturated rings. The van der Waals surface area contributed by atoms with Crippen molar-refractivity contribution in [3.8, 4) is 0 Å². The first kappa shape index (κ1) is 15.3. The molecule has 3 rings (SSSR count). The van der Waals surface area contributed by atoms with Gasteiger partial charge in [-0.25, -0.2) is 4.98 Å². The van der Waals surface area contributed by atoms with Crippen molar-refractivity contribution in [3.05, 3.63) is 10.6 Å². The molecular weight excluding hydrogens is 278 g/mol. The number of aromatic nitrogens is 1. The van der Waals surface area contributed by atoms with E-state index in [1.165, 1.54) is 67.3 Å². The highest BCUT2D eigenvalue weighted by atomic mass is 32.1. The molecule has 1 saturated carbocycles. The summed E-state index contributed by atoms with van der Waals surface area (Å²) < 4.78 is 0. The van der Waals surface area contributed by atoms with E-state index in [-0.39, 0.29) is 0 Å². The molecule has 1 spiro atoms. The molecule has 0 unspecified atom stereocenters. The molecule has 1 saturated heterocycles. The second-order valence-corrected chi connectivity index (χ2v) is 8.30. The molecular formula is C17H29N3S. The monoisotopic (exact) mass is 307 g/mol. The number of thiazole rings is 1. The Hall–Kier alpha value is -0.610. The van der Waals surface area contributed by atoms with Crippen LogP contribution < -0.4 is 10.2 Å². The molecule has 1 N–H and O–H groups in total. The molecule has 21 heavy (non-hydrogen) atoms. The molecule has 0 amide bonds. The molecule has 2 aliphatic rings. The average Bonchev–Trinajstić information content (AvgIpc) is 3.05. The van der Waals surface area contributed by atoms with E-state index in [2.05, 4.69) is 31.0 Å². The topological polar surface area (TPSA) is 28.2 Å². The molecule has 0 aromatic carbocycles. The third kappa shape index (κ3) is 3.42. The van der Waals surface area contributed by atoms with Gasteiger partial charge in [0, 0.05) is 30.6 Å². The summed E-state index contributed by atoms with van der Waals surface area (Å²) >= 11 is 1.89. The van der Waals surface area contributed by atoms with Gasteiger partial charge in [0.15, 0.2) is 5.13 Å². The van der Waals surface area contributed by atoms with Gasteiger partial charge in [0.2, 0.25) is 0 Å². The van der Waals surface area contributed by atoms with E-state index in [1.807, 2.05) is 11.3 Å². The smallest absolute Gasteiger partial charge is 0.185 e. The number of anilines is 1. The van der Waals surface area contributed by atoms with E-state index in [0.717, 1.165) is 6.54 Å². The van der Waals surface area contributed by atoms with Crippen LogP contribution in [0.3, 0.4) is 0 Å². The van der Waals surface area contributed by atoms with Gasteiger partial charge in [-0.2, -0.15) is 0 Å². The Bertz CT molecular complexity index is 464. The Morgan fingerprint density at radius 2 is 1.86 bits per heavy atom. The van der Waals surface area contributed by atoms with Crippen LogP contribution in [0.5, 0.6) is 0 Å². The maximum absolute atomic E-state index is 4.83. The largest absolute Gasteiger partial charge is 0.348 e. The van der Waals surface area contributed by atoms with Crippen molar-refractivity contribution >= 4 is 16.5 Å². The van der Waals surface area contributed by atoms with Gasteiger partial charge >= 0.3 is 0 Å². The fourth-order valence-electron chi connectivity index (χ4n) is 3.81. The van der Waals surface area contributed by atoms with Gasteiger partial charge in [-0.3, -0.25) is 0 Å². The normalized spacial score (nSPS) is 21.6. The molecule has 3 nitrogen and oxygen atoms in total. The lowest BCUT2D eigenvalue weighted by atomic mass is 9.77. The van der Waals surface area contributed by atoms with Crippen LogP contribution in [0.15, 0.2) is 0 Å². The van der Waals surface area contributed by atoms with Gasteiger partial charge in [-0.05, 0) is 38.0 Å². The highest BCUT2D eigenvalue weighted by Gasteiger charge is 2.37.